The van der Waals surface area contributed by atoms with Crippen molar-refractivity contribution < 1.29 is 28.2 Å². The molecule has 8 nitrogen and oxygen atoms in total. The topological polar surface area (TPSA) is 133 Å². The average Bonchev–Trinajstić information content (AvgIpc) is 3.06. The zero-order valence-corrected chi connectivity index (χ0v) is 32.0. The molecule has 49 heavy (non-hydrogen) atoms. The highest BCUT2D eigenvalue weighted by Crippen LogP contribution is 2.43. The zero-order chi connectivity index (χ0) is 36.6. The van der Waals surface area contributed by atoms with E-state index < -0.39 is 37.7 Å². The number of hydrogen-bond acceptors (Lipinski definition) is 6. The second-order valence-electron chi connectivity index (χ2n) is 11.6. The Morgan fingerprint density at radius 3 is 1.71 bits per heavy atom. The van der Waals surface area contributed by atoms with Crippen LogP contribution in [0, 0.1) is 0 Å². The van der Waals surface area contributed by atoms with E-state index in [-0.39, 0.29) is 49.1 Å². The van der Waals surface area contributed by atoms with Gasteiger partial charge in [0.1, 0.15) is 16.0 Å². The maximum Gasteiger partial charge on any atom is 0.255 e. The third kappa shape index (κ3) is 13.2. The van der Waals surface area contributed by atoms with Gasteiger partial charge in [0.15, 0.2) is 15.6 Å². The van der Waals surface area contributed by atoms with E-state index in [1.54, 1.807) is 0 Å². The van der Waals surface area contributed by atoms with Gasteiger partial charge in [0, 0.05) is 5.56 Å². The number of nitrogens with one attached hydrogen (secondary N) is 2. The van der Waals surface area contributed by atoms with Crippen LogP contribution in [-0.4, -0.2) is 35.7 Å². The van der Waals surface area contributed by atoms with Crippen molar-refractivity contribution in [3.63, 3.8) is 0 Å². The van der Waals surface area contributed by atoms with Crippen LogP contribution < -0.4 is 10.6 Å². The smallest absolute Gasteiger partial charge is 0.255 e. The quantitative estimate of drug-likeness (QED) is 0.0797. The van der Waals surface area contributed by atoms with Gasteiger partial charge in [-0.05, 0) is 55.0 Å². The lowest BCUT2D eigenvalue weighted by Crippen LogP contribution is -2.35. The zero-order valence-electron chi connectivity index (χ0n) is 28.1. The number of amides is 2. The number of phenols is 2. The summed E-state index contributed by atoms with van der Waals surface area (Å²) in [6.45, 7) is 6.07. The van der Waals surface area contributed by atoms with Crippen molar-refractivity contribution in [1.82, 2.24) is 0 Å². The Balaban J connectivity index is 0.000000543. The summed E-state index contributed by atoms with van der Waals surface area (Å²) in [6.07, 6.45) is 15.8. The highest BCUT2D eigenvalue weighted by Gasteiger charge is 2.33. The van der Waals surface area contributed by atoms with Gasteiger partial charge in [-0.15, -0.1) is 0 Å². The lowest BCUT2D eigenvalue weighted by atomic mass is 10.1. The van der Waals surface area contributed by atoms with Crippen molar-refractivity contribution in [2.75, 3.05) is 10.6 Å². The van der Waals surface area contributed by atoms with Crippen LogP contribution in [-0.2, 0) is 14.6 Å². The van der Waals surface area contributed by atoms with E-state index >= 15 is 0 Å². The minimum Gasteiger partial charge on any atom is -0.508 e. The molecule has 0 saturated carbocycles. The molecule has 0 bridgehead atoms. The number of unbranched alkanes of at least 4 members (excludes halogenated alkanes) is 10. The summed E-state index contributed by atoms with van der Waals surface area (Å²) in [5, 5.41) is 23.0. The summed E-state index contributed by atoms with van der Waals surface area (Å²) < 4.78 is 26.0. The van der Waals surface area contributed by atoms with Crippen LogP contribution in [0.3, 0.4) is 0 Å². The largest absolute Gasteiger partial charge is 0.508 e. The SMILES string of the molecule is CCC(C(=O)Nc1c(Cl)cc(NC(=O)c2ccc(Cl)c(Cl)c2)c(O)c1Cl)S(=O)(=O)c1ccc(O)cc1.CCCCCCCCCCCCC. The number of carbonyl (C=O) groups excluding carboxylic acids is 2. The van der Waals surface area contributed by atoms with Crippen LogP contribution in [0.1, 0.15) is 108 Å². The van der Waals surface area contributed by atoms with Gasteiger partial charge in [0.2, 0.25) is 5.91 Å². The molecular formula is C36H46Cl4N2O6S. The van der Waals surface area contributed by atoms with E-state index in [0.29, 0.717) is 0 Å². The van der Waals surface area contributed by atoms with Gasteiger partial charge in [-0.1, -0.05) is 138 Å². The first kappa shape index (κ1) is 42.5. The van der Waals surface area contributed by atoms with Crippen molar-refractivity contribution in [2.45, 2.75) is 108 Å². The van der Waals surface area contributed by atoms with E-state index in [9.17, 15) is 28.2 Å². The Morgan fingerprint density at radius 2 is 1.22 bits per heavy atom. The summed E-state index contributed by atoms with van der Waals surface area (Å²) in [6, 6.07) is 10.0. The molecule has 1 atom stereocenters. The molecule has 3 aromatic carbocycles. The second-order valence-corrected chi connectivity index (χ2v) is 15.4. The molecule has 270 valence electrons. The fourth-order valence-electron chi connectivity index (χ4n) is 4.94. The molecule has 0 spiro atoms. The lowest BCUT2D eigenvalue weighted by Gasteiger charge is -2.19. The molecule has 1 unspecified atom stereocenters. The number of rotatable bonds is 17. The van der Waals surface area contributed by atoms with Crippen molar-refractivity contribution in [3.05, 3.63) is 74.2 Å². The Hall–Kier alpha value is -2.69. The van der Waals surface area contributed by atoms with Crippen molar-refractivity contribution in [2.24, 2.45) is 0 Å². The average molecular weight is 777 g/mol. The molecule has 0 aliphatic heterocycles. The van der Waals surface area contributed by atoms with Crippen LogP contribution in [0.2, 0.25) is 20.1 Å². The first-order valence-electron chi connectivity index (χ1n) is 16.6. The van der Waals surface area contributed by atoms with Gasteiger partial charge in [0.05, 0.1) is 31.3 Å². The van der Waals surface area contributed by atoms with Gasteiger partial charge in [0.25, 0.3) is 5.91 Å². The maximum absolute atomic E-state index is 13.0. The van der Waals surface area contributed by atoms with E-state index in [4.69, 9.17) is 46.4 Å². The first-order chi connectivity index (χ1) is 23.3. The van der Waals surface area contributed by atoms with Crippen molar-refractivity contribution >= 4 is 79.4 Å². The molecule has 0 aromatic heterocycles. The maximum atomic E-state index is 13.0. The number of halogens is 4. The highest BCUT2D eigenvalue weighted by molar-refractivity contribution is 7.92. The van der Waals surface area contributed by atoms with Gasteiger partial charge in [-0.2, -0.15) is 0 Å². The highest BCUT2D eigenvalue weighted by atomic mass is 35.5. The second kappa shape index (κ2) is 21.5. The third-order valence-corrected chi connectivity index (χ3v) is 11.4. The molecular weight excluding hydrogens is 730 g/mol. The van der Waals surface area contributed by atoms with Gasteiger partial charge < -0.3 is 20.8 Å². The number of sulfone groups is 1. The predicted molar refractivity (Wildman–Crippen MR) is 203 cm³/mol. The molecule has 4 N–H and O–H groups in total. The van der Waals surface area contributed by atoms with Gasteiger partial charge >= 0.3 is 0 Å². The van der Waals surface area contributed by atoms with Crippen LogP contribution in [0.5, 0.6) is 11.5 Å². The number of carbonyl (C=O) groups is 2. The fraction of sp³-hybridized carbons (Fsp3) is 0.444. The first-order valence-corrected chi connectivity index (χ1v) is 19.6. The molecule has 2 amide bonds. The number of benzene rings is 3. The molecule has 3 rings (SSSR count). The molecule has 0 saturated heterocycles. The summed E-state index contributed by atoms with van der Waals surface area (Å²) >= 11 is 24.2. The van der Waals surface area contributed by atoms with Crippen LogP contribution in [0.15, 0.2) is 53.4 Å². The fourth-order valence-corrected chi connectivity index (χ4v) is 7.41. The van der Waals surface area contributed by atoms with Crippen LogP contribution in [0.25, 0.3) is 0 Å². The standard InChI is InChI=1S/C23H18Cl4N2O6S.C13H28/c1-2-18(36(34,35)13-6-4-12(30)5-7-13)23(33)29-20-16(26)10-17(21(31)19(20)27)28-22(32)11-3-8-14(24)15(25)9-11;1-3-5-7-9-11-13-12-10-8-6-4-2/h3-10,18,30-31H,2H2,1H3,(H,28,32)(H,29,33);3-13H2,1-2H3. The number of aromatic hydroxyl groups is 2. The van der Waals surface area contributed by atoms with Gasteiger partial charge in [-0.25, -0.2) is 8.42 Å². The Kier molecular flexibility index (Phi) is 18.6. The lowest BCUT2D eigenvalue weighted by molar-refractivity contribution is -0.115. The third-order valence-electron chi connectivity index (χ3n) is 7.78. The molecule has 3 aromatic rings. The van der Waals surface area contributed by atoms with Crippen LogP contribution in [0.4, 0.5) is 11.4 Å². The summed E-state index contributed by atoms with van der Waals surface area (Å²) in [5.41, 5.74) is -0.269. The Morgan fingerprint density at radius 1 is 0.694 bits per heavy atom. The normalized spacial score (nSPS) is 11.7. The Bertz CT molecular complexity index is 1630. The molecule has 0 radical (unpaired) electrons. The molecule has 0 aliphatic carbocycles. The van der Waals surface area contributed by atoms with E-state index in [0.717, 1.165) is 6.07 Å². The van der Waals surface area contributed by atoms with E-state index in [2.05, 4.69) is 24.5 Å². The molecule has 0 heterocycles. The number of hydrogen-bond donors (Lipinski definition) is 4. The van der Waals surface area contributed by atoms with Crippen molar-refractivity contribution in [3.8, 4) is 11.5 Å². The molecule has 0 aliphatic rings. The molecule has 13 heteroatoms. The minimum absolute atomic E-state index is 0.0892. The Labute approximate surface area is 310 Å². The van der Waals surface area contributed by atoms with Gasteiger partial charge in [-0.3, -0.25) is 9.59 Å². The minimum atomic E-state index is -4.13. The predicted octanol–water partition coefficient (Wildman–Crippen LogP) is 11.5. The van der Waals surface area contributed by atoms with Crippen LogP contribution >= 0.6 is 46.4 Å². The number of phenolic OH excluding ortho intramolecular Hbond substituents is 2. The number of anilines is 2. The van der Waals surface area contributed by atoms with Crippen molar-refractivity contribution in [1.29, 1.82) is 0 Å². The van der Waals surface area contributed by atoms with E-state index in [1.807, 2.05) is 0 Å². The summed E-state index contributed by atoms with van der Waals surface area (Å²) in [5.74, 6) is -2.34. The summed E-state index contributed by atoms with van der Waals surface area (Å²) in [4.78, 5) is 25.3. The monoisotopic (exact) mass is 774 g/mol. The molecule has 0 fully saturated rings. The summed E-state index contributed by atoms with van der Waals surface area (Å²) in [7, 11) is -4.13. The van der Waals surface area contributed by atoms with E-state index in [1.165, 1.54) is 120 Å².